The number of nitrogens with zero attached hydrogens (tertiary/aromatic N) is 2. The third-order valence-electron chi connectivity index (χ3n) is 5.59. The molecule has 0 aromatic rings. The molecule has 2 N–H and O–H groups in total. The molecule has 0 saturated carbocycles. The summed E-state index contributed by atoms with van der Waals surface area (Å²) < 4.78 is 0.692. The molecule has 162 valence electrons. The van der Waals surface area contributed by atoms with Crippen molar-refractivity contribution in [3.05, 3.63) is 12.4 Å². The smallest absolute Gasteiger partial charge is 0.303 e. The standard InChI is InChI=1S/C22H40N2O4/c1-2-3-4-5-6-7-8-9-10-15-23-16-19-24(20-23,17-11-13-21(25)26)18-12-14-22(27)28/h16,19H,2-15,17-18,20H2,1H3,(H-,25,26,27,28)/p+1. The van der Waals surface area contributed by atoms with Crippen molar-refractivity contribution in [3.8, 4) is 0 Å². The van der Waals surface area contributed by atoms with E-state index in [2.05, 4.69) is 24.2 Å². The number of unbranched alkanes of at least 4 members (excludes halogenated alkanes) is 8. The van der Waals surface area contributed by atoms with Crippen molar-refractivity contribution >= 4 is 11.9 Å². The summed E-state index contributed by atoms with van der Waals surface area (Å²) in [5, 5.41) is 17.8. The van der Waals surface area contributed by atoms with Crippen LogP contribution in [0.5, 0.6) is 0 Å². The molecule has 0 spiro atoms. The topological polar surface area (TPSA) is 77.8 Å². The van der Waals surface area contributed by atoms with Gasteiger partial charge in [0.1, 0.15) is 6.20 Å². The lowest BCUT2D eigenvalue weighted by atomic mass is 10.1. The minimum absolute atomic E-state index is 0.172. The molecule has 0 bridgehead atoms. The zero-order chi connectivity index (χ0) is 20.7. The Morgan fingerprint density at radius 3 is 1.82 bits per heavy atom. The molecule has 1 heterocycles. The summed E-state index contributed by atoms with van der Waals surface area (Å²) in [7, 11) is 0. The van der Waals surface area contributed by atoms with E-state index in [0.29, 0.717) is 17.3 Å². The largest absolute Gasteiger partial charge is 0.481 e. The second-order valence-electron chi connectivity index (χ2n) is 8.24. The average molecular weight is 398 g/mol. The minimum Gasteiger partial charge on any atom is -0.481 e. The monoisotopic (exact) mass is 397 g/mol. The quantitative estimate of drug-likeness (QED) is 0.256. The molecule has 0 amide bonds. The van der Waals surface area contributed by atoms with E-state index in [9.17, 15) is 9.59 Å². The van der Waals surface area contributed by atoms with Gasteiger partial charge >= 0.3 is 11.9 Å². The van der Waals surface area contributed by atoms with Gasteiger partial charge in [-0.05, 0) is 6.42 Å². The van der Waals surface area contributed by atoms with Crippen LogP contribution in [0.25, 0.3) is 0 Å². The molecule has 28 heavy (non-hydrogen) atoms. The van der Waals surface area contributed by atoms with Crippen molar-refractivity contribution in [1.82, 2.24) is 4.90 Å². The number of quaternary nitrogens is 1. The van der Waals surface area contributed by atoms with E-state index in [1.54, 1.807) is 0 Å². The summed E-state index contributed by atoms with van der Waals surface area (Å²) in [5.41, 5.74) is 0. The number of hydrogen-bond acceptors (Lipinski definition) is 3. The molecule has 0 atom stereocenters. The highest BCUT2D eigenvalue weighted by molar-refractivity contribution is 5.66. The fraction of sp³-hybridized carbons (Fsp3) is 0.818. The predicted molar refractivity (Wildman–Crippen MR) is 112 cm³/mol. The van der Waals surface area contributed by atoms with Crippen molar-refractivity contribution in [2.75, 3.05) is 26.3 Å². The van der Waals surface area contributed by atoms with Crippen molar-refractivity contribution < 1.29 is 24.3 Å². The van der Waals surface area contributed by atoms with E-state index in [1.807, 2.05) is 0 Å². The number of hydrogen-bond donors (Lipinski definition) is 2. The van der Waals surface area contributed by atoms with Crippen LogP contribution in [0, 0.1) is 0 Å². The fourth-order valence-electron chi connectivity index (χ4n) is 3.96. The van der Waals surface area contributed by atoms with Crippen molar-refractivity contribution in [2.45, 2.75) is 90.4 Å². The third kappa shape index (κ3) is 11.3. The van der Waals surface area contributed by atoms with Crippen LogP contribution in [-0.4, -0.2) is 57.8 Å². The predicted octanol–water partition coefficient (Wildman–Crippen LogP) is 4.81. The van der Waals surface area contributed by atoms with Crippen LogP contribution >= 0.6 is 0 Å². The maximum atomic E-state index is 10.8. The van der Waals surface area contributed by atoms with Gasteiger partial charge in [-0.1, -0.05) is 58.3 Å². The molecule has 0 unspecified atom stereocenters. The summed E-state index contributed by atoms with van der Waals surface area (Å²) >= 11 is 0. The maximum absolute atomic E-state index is 10.8. The first-order valence-corrected chi connectivity index (χ1v) is 11.2. The maximum Gasteiger partial charge on any atom is 0.303 e. The van der Waals surface area contributed by atoms with Gasteiger partial charge in [-0.2, -0.15) is 0 Å². The molecule has 0 radical (unpaired) electrons. The second kappa shape index (κ2) is 14.4. The van der Waals surface area contributed by atoms with Gasteiger partial charge in [0.2, 0.25) is 0 Å². The summed E-state index contributed by atoms with van der Waals surface area (Å²) in [6.07, 6.45) is 17.7. The number of carboxylic acid groups (broad SMARTS) is 2. The lowest BCUT2D eigenvalue weighted by molar-refractivity contribution is -0.881. The van der Waals surface area contributed by atoms with Gasteiger partial charge < -0.3 is 15.1 Å². The molecule has 1 rings (SSSR count). The average Bonchev–Trinajstić information content (AvgIpc) is 3.03. The highest BCUT2D eigenvalue weighted by Gasteiger charge is 2.31. The highest BCUT2D eigenvalue weighted by Crippen LogP contribution is 2.22. The van der Waals surface area contributed by atoms with Crippen LogP contribution in [0.3, 0.4) is 0 Å². The van der Waals surface area contributed by atoms with Crippen LogP contribution < -0.4 is 0 Å². The van der Waals surface area contributed by atoms with Gasteiger partial charge in [0.05, 0.1) is 32.1 Å². The van der Waals surface area contributed by atoms with Crippen molar-refractivity contribution in [1.29, 1.82) is 0 Å². The molecule has 0 fully saturated rings. The van der Waals surface area contributed by atoms with Gasteiger partial charge in [0.15, 0.2) is 6.67 Å². The zero-order valence-corrected chi connectivity index (χ0v) is 17.8. The molecule has 0 aromatic heterocycles. The van der Waals surface area contributed by atoms with Gasteiger partial charge in [0.25, 0.3) is 0 Å². The Morgan fingerprint density at radius 1 is 0.821 bits per heavy atom. The molecule has 0 saturated heterocycles. The first-order valence-electron chi connectivity index (χ1n) is 11.2. The van der Waals surface area contributed by atoms with E-state index >= 15 is 0 Å². The number of aliphatic carboxylic acids is 2. The number of rotatable bonds is 18. The van der Waals surface area contributed by atoms with E-state index in [4.69, 9.17) is 10.2 Å². The molecule has 0 aliphatic carbocycles. The molecule has 1 aliphatic rings. The summed E-state index contributed by atoms with van der Waals surface area (Å²) in [6.45, 7) is 5.65. The van der Waals surface area contributed by atoms with Gasteiger partial charge in [-0.15, -0.1) is 0 Å². The Morgan fingerprint density at radius 2 is 1.32 bits per heavy atom. The van der Waals surface area contributed by atoms with Crippen LogP contribution in [-0.2, 0) is 9.59 Å². The van der Waals surface area contributed by atoms with Crippen LogP contribution in [0.1, 0.15) is 90.4 Å². The molecule has 0 aromatic carbocycles. The normalized spacial score (nSPS) is 15.2. The Labute approximate surface area is 170 Å². The fourth-order valence-corrected chi connectivity index (χ4v) is 3.96. The molecule has 6 nitrogen and oxygen atoms in total. The Kier molecular flexibility index (Phi) is 12.6. The van der Waals surface area contributed by atoms with Crippen LogP contribution in [0.15, 0.2) is 12.4 Å². The van der Waals surface area contributed by atoms with Crippen molar-refractivity contribution in [2.24, 2.45) is 0 Å². The first-order chi connectivity index (χ1) is 13.5. The Balaban J connectivity index is 2.26. The van der Waals surface area contributed by atoms with Crippen LogP contribution in [0.4, 0.5) is 0 Å². The van der Waals surface area contributed by atoms with Crippen LogP contribution in [0.2, 0.25) is 0 Å². The SMILES string of the molecule is CCCCCCCCCCCN1C=C[N+](CCCC(=O)O)(CCCC(=O)O)C1. The lowest BCUT2D eigenvalue weighted by Gasteiger charge is -2.33. The van der Waals surface area contributed by atoms with Crippen molar-refractivity contribution in [3.63, 3.8) is 0 Å². The Hall–Kier alpha value is -1.56. The Bertz CT molecular complexity index is 459. The van der Waals surface area contributed by atoms with E-state index in [1.165, 1.54) is 57.8 Å². The minimum atomic E-state index is -0.765. The number of carbonyl (C=O) groups is 2. The van der Waals surface area contributed by atoms with Gasteiger partial charge in [-0.25, -0.2) is 0 Å². The van der Waals surface area contributed by atoms with E-state index in [0.717, 1.165) is 26.3 Å². The van der Waals surface area contributed by atoms with E-state index < -0.39 is 11.9 Å². The molecular weight excluding hydrogens is 356 g/mol. The summed E-state index contributed by atoms with van der Waals surface area (Å²) in [4.78, 5) is 24.0. The third-order valence-corrected chi connectivity index (χ3v) is 5.59. The number of carboxylic acids is 2. The lowest BCUT2D eigenvalue weighted by Crippen LogP contribution is -2.46. The second-order valence-corrected chi connectivity index (χ2v) is 8.24. The van der Waals surface area contributed by atoms with E-state index in [-0.39, 0.29) is 12.8 Å². The van der Waals surface area contributed by atoms with Gasteiger partial charge in [0, 0.05) is 19.4 Å². The molecular formula is C22H41N2O4+. The highest BCUT2D eigenvalue weighted by atomic mass is 16.4. The first kappa shape index (κ1) is 24.5. The zero-order valence-electron chi connectivity index (χ0n) is 17.8. The summed E-state index contributed by atoms with van der Waals surface area (Å²) in [6, 6.07) is 0. The summed E-state index contributed by atoms with van der Waals surface area (Å²) in [5.74, 6) is -1.53. The molecule has 1 aliphatic heterocycles. The van der Waals surface area contributed by atoms with Gasteiger partial charge in [-0.3, -0.25) is 14.1 Å². The molecule has 6 heteroatoms.